The van der Waals surface area contributed by atoms with Crippen molar-refractivity contribution in [3.63, 3.8) is 0 Å². The number of benzene rings is 2. The Balaban J connectivity index is 1.25. The highest BCUT2D eigenvalue weighted by atomic mass is 19.1. The van der Waals surface area contributed by atoms with E-state index in [0.717, 1.165) is 42.1 Å². The van der Waals surface area contributed by atoms with Gasteiger partial charge in [0.05, 0.1) is 0 Å². The van der Waals surface area contributed by atoms with Crippen LogP contribution in [0, 0.1) is 17.8 Å². The Morgan fingerprint density at radius 3 is 1.59 bits per heavy atom. The third kappa shape index (κ3) is 5.50. The summed E-state index contributed by atoms with van der Waals surface area (Å²) in [7, 11) is 0. The molecular formula is C28H37F. The molecule has 2 aromatic rings. The highest BCUT2D eigenvalue weighted by Crippen LogP contribution is 2.43. The van der Waals surface area contributed by atoms with Crippen LogP contribution in [0.25, 0.3) is 0 Å². The summed E-state index contributed by atoms with van der Waals surface area (Å²) in [6.45, 7) is 2.06. The Labute approximate surface area is 176 Å². The van der Waals surface area contributed by atoms with Gasteiger partial charge in [-0.25, -0.2) is 4.39 Å². The standard InChI is InChI=1S/C28H37F/c1-21-2-12-25(13-3-21)27-16-18-28(19-17-27)26-14-10-23(11-15-26)5-4-22-6-8-24(20-29)9-7-22/h6-11,14-15,21,25,27-28H,2-5,12-13,16-20H2,1H3. The lowest BCUT2D eigenvalue weighted by atomic mass is 9.68. The predicted molar refractivity (Wildman–Crippen MR) is 121 cm³/mol. The lowest BCUT2D eigenvalue weighted by Gasteiger charge is -2.37. The van der Waals surface area contributed by atoms with Crippen LogP contribution in [-0.4, -0.2) is 0 Å². The molecule has 29 heavy (non-hydrogen) atoms. The van der Waals surface area contributed by atoms with Gasteiger partial charge in [0.1, 0.15) is 6.67 Å². The van der Waals surface area contributed by atoms with Crippen molar-refractivity contribution in [2.75, 3.05) is 0 Å². The van der Waals surface area contributed by atoms with Gasteiger partial charge in [-0.05, 0) is 97.3 Å². The smallest absolute Gasteiger partial charge is 0.115 e. The lowest BCUT2D eigenvalue weighted by molar-refractivity contribution is 0.165. The fourth-order valence-corrected chi connectivity index (χ4v) is 5.72. The van der Waals surface area contributed by atoms with Crippen molar-refractivity contribution < 1.29 is 4.39 Å². The van der Waals surface area contributed by atoms with E-state index in [9.17, 15) is 4.39 Å². The molecule has 0 radical (unpaired) electrons. The monoisotopic (exact) mass is 392 g/mol. The predicted octanol–water partition coefficient (Wildman–Crippen LogP) is 8.04. The normalized spacial score (nSPS) is 27.7. The Hall–Kier alpha value is -1.63. The fourth-order valence-electron chi connectivity index (χ4n) is 5.72. The average Bonchev–Trinajstić information content (AvgIpc) is 2.79. The van der Waals surface area contributed by atoms with Crippen molar-refractivity contribution in [1.29, 1.82) is 0 Å². The minimum atomic E-state index is -0.372. The maximum atomic E-state index is 12.6. The summed E-state index contributed by atoms with van der Waals surface area (Å²) in [4.78, 5) is 0. The van der Waals surface area contributed by atoms with Gasteiger partial charge in [0.15, 0.2) is 0 Å². The molecule has 0 unspecified atom stereocenters. The summed E-state index contributed by atoms with van der Waals surface area (Å²) >= 11 is 0. The van der Waals surface area contributed by atoms with Gasteiger partial charge < -0.3 is 0 Å². The highest BCUT2D eigenvalue weighted by molar-refractivity contribution is 5.28. The molecule has 2 saturated carbocycles. The SMILES string of the molecule is CC1CCC(C2CCC(c3ccc(CCc4ccc(CF)cc4)cc3)CC2)CC1. The van der Waals surface area contributed by atoms with Crippen LogP contribution in [0.5, 0.6) is 0 Å². The number of aryl methyl sites for hydroxylation is 2. The van der Waals surface area contributed by atoms with Crippen molar-refractivity contribution in [1.82, 2.24) is 0 Å². The third-order valence-corrected chi connectivity index (χ3v) is 7.83. The van der Waals surface area contributed by atoms with Crippen molar-refractivity contribution in [3.8, 4) is 0 Å². The number of hydrogen-bond donors (Lipinski definition) is 0. The van der Waals surface area contributed by atoms with Crippen LogP contribution in [0.4, 0.5) is 4.39 Å². The molecule has 0 N–H and O–H groups in total. The zero-order valence-electron chi connectivity index (χ0n) is 18.1. The van der Waals surface area contributed by atoms with E-state index in [1.54, 1.807) is 5.56 Å². The van der Waals surface area contributed by atoms with Gasteiger partial charge in [-0.1, -0.05) is 68.3 Å². The first kappa shape index (κ1) is 20.6. The minimum absolute atomic E-state index is 0.372. The first-order valence-electron chi connectivity index (χ1n) is 11.9. The molecule has 0 atom stereocenters. The van der Waals surface area contributed by atoms with Crippen LogP contribution in [-0.2, 0) is 19.5 Å². The largest absolute Gasteiger partial charge is 0.246 e. The molecule has 2 fully saturated rings. The summed E-state index contributed by atoms with van der Waals surface area (Å²) in [5, 5.41) is 0. The minimum Gasteiger partial charge on any atom is -0.246 e. The summed E-state index contributed by atoms with van der Waals surface area (Å²) in [5.74, 6) is 3.77. The molecule has 0 spiro atoms. The second-order valence-electron chi connectivity index (χ2n) is 9.82. The number of alkyl halides is 1. The molecule has 1 heteroatoms. The second kappa shape index (κ2) is 9.92. The summed E-state index contributed by atoms with van der Waals surface area (Å²) in [6, 6.07) is 17.4. The first-order valence-corrected chi connectivity index (χ1v) is 11.9. The van der Waals surface area contributed by atoms with Gasteiger partial charge in [-0.3, -0.25) is 0 Å². The van der Waals surface area contributed by atoms with Crippen LogP contribution in [0.2, 0.25) is 0 Å². The molecule has 2 aliphatic carbocycles. The van der Waals surface area contributed by atoms with Crippen molar-refractivity contribution in [2.24, 2.45) is 17.8 Å². The molecule has 0 amide bonds. The zero-order chi connectivity index (χ0) is 20.1. The molecule has 0 bridgehead atoms. The van der Waals surface area contributed by atoms with Crippen LogP contribution in [0.1, 0.15) is 86.5 Å². The number of hydrogen-bond acceptors (Lipinski definition) is 0. The van der Waals surface area contributed by atoms with E-state index in [0.29, 0.717) is 0 Å². The summed E-state index contributed by atoms with van der Waals surface area (Å²) in [6.07, 6.45) is 13.6. The van der Waals surface area contributed by atoms with Crippen molar-refractivity contribution in [2.45, 2.75) is 83.7 Å². The molecule has 2 aliphatic rings. The maximum absolute atomic E-state index is 12.6. The molecule has 2 aromatic carbocycles. The van der Waals surface area contributed by atoms with Crippen LogP contribution < -0.4 is 0 Å². The lowest BCUT2D eigenvalue weighted by Crippen LogP contribution is -2.24. The van der Waals surface area contributed by atoms with E-state index < -0.39 is 0 Å². The van der Waals surface area contributed by atoms with Gasteiger partial charge >= 0.3 is 0 Å². The highest BCUT2D eigenvalue weighted by Gasteiger charge is 2.30. The maximum Gasteiger partial charge on any atom is 0.115 e. The molecule has 4 rings (SSSR count). The molecule has 0 aliphatic heterocycles. The van der Waals surface area contributed by atoms with Crippen molar-refractivity contribution in [3.05, 3.63) is 70.8 Å². The average molecular weight is 393 g/mol. The van der Waals surface area contributed by atoms with Gasteiger partial charge in [0.25, 0.3) is 0 Å². The Bertz CT molecular complexity index is 729. The Kier molecular flexibility index (Phi) is 7.06. The number of halogens is 1. The third-order valence-electron chi connectivity index (χ3n) is 7.83. The second-order valence-corrected chi connectivity index (χ2v) is 9.82. The quantitative estimate of drug-likeness (QED) is 0.466. The molecule has 0 heterocycles. The van der Waals surface area contributed by atoms with Gasteiger partial charge in [0, 0.05) is 0 Å². The van der Waals surface area contributed by atoms with E-state index in [2.05, 4.69) is 43.3 Å². The topological polar surface area (TPSA) is 0 Å². The van der Waals surface area contributed by atoms with Gasteiger partial charge in [-0.15, -0.1) is 0 Å². The molecule has 156 valence electrons. The van der Waals surface area contributed by atoms with Gasteiger partial charge in [0.2, 0.25) is 0 Å². The van der Waals surface area contributed by atoms with E-state index >= 15 is 0 Å². The summed E-state index contributed by atoms with van der Waals surface area (Å²) in [5.41, 5.74) is 5.03. The molecular weight excluding hydrogens is 355 g/mol. The van der Waals surface area contributed by atoms with E-state index in [1.807, 2.05) is 12.1 Å². The van der Waals surface area contributed by atoms with E-state index in [-0.39, 0.29) is 6.67 Å². The first-order chi connectivity index (χ1) is 14.2. The zero-order valence-corrected chi connectivity index (χ0v) is 18.1. The van der Waals surface area contributed by atoms with Gasteiger partial charge in [-0.2, -0.15) is 0 Å². The fraction of sp³-hybridized carbons (Fsp3) is 0.571. The van der Waals surface area contributed by atoms with Crippen LogP contribution >= 0.6 is 0 Å². The van der Waals surface area contributed by atoms with Crippen molar-refractivity contribution >= 4 is 0 Å². The van der Waals surface area contributed by atoms with Crippen LogP contribution in [0.3, 0.4) is 0 Å². The Morgan fingerprint density at radius 1 is 0.621 bits per heavy atom. The Morgan fingerprint density at radius 2 is 1.07 bits per heavy atom. The van der Waals surface area contributed by atoms with Crippen LogP contribution in [0.15, 0.2) is 48.5 Å². The van der Waals surface area contributed by atoms with E-state index in [4.69, 9.17) is 0 Å². The number of rotatable bonds is 6. The molecule has 0 saturated heterocycles. The summed E-state index contributed by atoms with van der Waals surface area (Å²) < 4.78 is 12.6. The molecule has 0 aromatic heterocycles. The van der Waals surface area contributed by atoms with E-state index in [1.165, 1.54) is 62.5 Å². The molecule has 0 nitrogen and oxygen atoms in total.